The van der Waals surface area contributed by atoms with Crippen molar-refractivity contribution in [3.05, 3.63) is 0 Å². The maximum atomic E-state index is 5.02. The first kappa shape index (κ1) is 16.0. The van der Waals surface area contributed by atoms with Crippen molar-refractivity contribution in [1.82, 2.24) is 10.6 Å². The molecule has 106 valence electrons. The molecular formula is C13H26IN3O. The number of halogens is 1. The van der Waals surface area contributed by atoms with Gasteiger partial charge in [0, 0.05) is 33.9 Å². The van der Waals surface area contributed by atoms with Crippen molar-refractivity contribution in [2.45, 2.75) is 32.1 Å². The van der Waals surface area contributed by atoms with Gasteiger partial charge in [0.15, 0.2) is 5.96 Å². The minimum absolute atomic E-state index is 0. The molecule has 0 bridgehead atoms. The van der Waals surface area contributed by atoms with Crippen molar-refractivity contribution in [2.24, 2.45) is 16.3 Å². The van der Waals surface area contributed by atoms with Crippen LogP contribution in [0.15, 0.2) is 4.99 Å². The maximum Gasteiger partial charge on any atom is 0.190 e. The van der Waals surface area contributed by atoms with Crippen molar-refractivity contribution in [1.29, 1.82) is 0 Å². The summed E-state index contributed by atoms with van der Waals surface area (Å²) in [5.41, 5.74) is 0.629. The Balaban J connectivity index is 0.00000162. The molecule has 2 saturated carbocycles. The molecule has 0 aliphatic heterocycles. The lowest BCUT2D eigenvalue weighted by atomic mass is 10.0. The third-order valence-corrected chi connectivity index (χ3v) is 3.98. The maximum absolute atomic E-state index is 5.02. The summed E-state index contributed by atoms with van der Waals surface area (Å²) in [5.74, 6) is 1.94. The number of hydrogen-bond donors (Lipinski definition) is 2. The van der Waals surface area contributed by atoms with Gasteiger partial charge in [-0.1, -0.05) is 0 Å². The molecule has 0 saturated heterocycles. The highest BCUT2D eigenvalue weighted by molar-refractivity contribution is 14.0. The van der Waals surface area contributed by atoms with E-state index in [0.717, 1.165) is 38.0 Å². The highest BCUT2D eigenvalue weighted by atomic mass is 127. The lowest BCUT2D eigenvalue weighted by Gasteiger charge is -2.17. The second-order valence-electron chi connectivity index (χ2n) is 5.34. The van der Waals surface area contributed by atoms with Crippen LogP contribution in [-0.4, -0.2) is 39.8 Å². The van der Waals surface area contributed by atoms with Crippen LogP contribution < -0.4 is 10.6 Å². The lowest BCUT2D eigenvalue weighted by Crippen LogP contribution is -2.41. The van der Waals surface area contributed by atoms with Crippen molar-refractivity contribution in [3.8, 4) is 0 Å². The molecule has 2 rings (SSSR count). The smallest absolute Gasteiger partial charge is 0.190 e. The van der Waals surface area contributed by atoms with Crippen molar-refractivity contribution >= 4 is 29.9 Å². The number of aliphatic imine (C=N–C) groups is 1. The van der Waals surface area contributed by atoms with E-state index in [1.807, 2.05) is 7.05 Å². The molecule has 0 radical (unpaired) electrons. The van der Waals surface area contributed by atoms with Gasteiger partial charge in [-0.2, -0.15) is 0 Å². The Morgan fingerprint density at radius 1 is 1.33 bits per heavy atom. The van der Waals surface area contributed by atoms with Gasteiger partial charge in [-0.15, -0.1) is 24.0 Å². The summed E-state index contributed by atoms with van der Waals surface area (Å²) in [6, 6.07) is 0. The molecule has 0 unspecified atom stereocenters. The van der Waals surface area contributed by atoms with Crippen LogP contribution in [0.25, 0.3) is 0 Å². The number of hydrogen-bond acceptors (Lipinski definition) is 2. The number of ether oxygens (including phenoxy) is 1. The van der Waals surface area contributed by atoms with Crippen LogP contribution in [0.1, 0.15) is 32.1 Å². The molecule has 0 aromatic carbocycles. The first-order chi connectivity index (χ1) is 8.30. The predicted octanol–water partition coefficient (Wildman–Crippen LogP) is 2.00. The summed E-state index contributed by atoms with van der Waals surface area (Å²) in [7, 11) is 3.57. The van der Waals surface area contributed by atoms with E-state index in [1.165, 1.54) is 25.7 Å². The van der Waals surface area contributed by atoms with Crippen LogP contribution in [0, 0.1) is 11.3 Å². The number of methoxy groups -OCH3 is 1. The Kier molecular flexibility index (Phi) is 6.70. The van der Waals surface area contributed by atoms with Gasteiger partial charge in [-0.25, -0.2) is 0 Å². The summed E-state index contributed by atoms with van der Waals surface area (Å²) in [4.78, 5) is 4.25. The Bertz CT molecular complexity index is 275. The summed E-state index contributed by atoms with van der Waals surface area (Å²) < 4.78 is 5.02. The highest BCUT2D eigenvalue weighted by Crippen LogP contribution is 2.60. The average Bonchev–Trinajstić information content (AvgIpc) is 3.18. The third-order valence-electron chi connectivity index (χ3n) is 3.98. The zero-order valence-corrected chi connectivity index (χ0v) is 13.8. The first-order valence-electron chi connectivity index (χ1n) is 6.74. The topological polar surface area (TPSA) is 45.7 Å². The Morgan fingerprint density at radius 2 is 2.06 bits per heavy atom. The van der Waals surface area contributed by atoms with Gasteiger partial charge < -0.3 is 15.4 Å². The van der Waals surface area contributed by atoms with Crippen LogP contribution in [0.2, 0.25) is 0 Å². The predicted molar refractivity (Wildman–Crippen MR) is 85.7 cm³/mol. The van der Waals surface area contributed by atoms with E-state index < -0.39 is 0 Å². The monoisotopic (exact) mass is 367 g/mol. The molecule has 2 N–H and O–H groups in total. The molecule has 2 aliphatic carbocycles. The average molecular weight is 367 g/mol. The van der Waals surface area contributed by atoms with Gasteiger partial charge in [0.05, 0.1) is 0 Å². The van der Waals surface area contributed by atoms with Crippen molar-refractivity contribution in [3.63, 3.8) is 0 Å². The van der Waals surface area contributed by atoms with E-state index in [1.54, 1.807) is 7.11 Å². The molecule has 0 aromatic rings. The van der Waals surface area contributed by atoms with Crippen LogP contribution in [-0.2, 0) is 4.74 Å². The zero-order chi connectivity index (χ0) is 12.1. The quantitative estimate of drug-likeness (QED) is 0.313. The third kappa shape index (κ3) is 4.57. The molecule has 2 aliphatic rings. The second kappa shape index (κ2) is 7.53. The standard InChI is InChI=1S/C13H25N3O.HI/c1-14-12(15-8-3-9-17-2)16-10-13(6-7-13)11-4-5-11;/h11H,3-10H2,1-2H3,(H2,14,15,16);1H. The molecule has 0 aromatic heterocycles. The summed E-state index contributed by atoms with van der Waals surface area (Å²) in [5, 5.41) is 6.79. The van der Waals surface area contributed by atoms with Gasteiger partial charge >= 0.3 is 0 Å². The summed E-state index contributed by atoms with van der Waals surface area (Å²) in [6.45, 7) is 2.82. The molecular weight excluding hydrogens is 341 g/mol. The Hall–Kier alpha value is -0.0400. The molecule has 2 fully saturated rings. The van der Waals surface area contributed by atoms with E-state index in [-0.39, 0.29) is 24.0 Å². The number of rotatable bonds is 7. The van der Waals surface area contributed by atoms with E-state index in [9.17, 15) is 0 Å². The normalized spacial score (nSPS) is 21.1. The summed E-state index contributed by atoms with van der Waals surface area (Å²) >= 11 is 0. The Morgan fingerprint density at radius 3 is 2.56 bits per heavy atom. The molecule has 4 nitrogen and oxygen atoms in total. The fraction of sp³-hybridized carbons (Fsp3) is 0.923. The minimum atomic E-state index is 0. The van der Waals surface area contributed by atoms with Gasteiger partial charge in [-0.3, -0.25) is 4.99 Å². The first-order valence-corrected chi connectivity index (χ1v) is 6.74. The molecule has 0 spiro atoms. The second-order valence-corrected chi connectivity index (χ2v) is 5.34. The van der Waals surface area contributed by atoms with Crippen LogP contribution in [0.3, 0.4) is 0 Å². The molecule has 0 heterocycles. The molecule has 0 amide bonds. The SMILES string of the molecule is CN=C(NCCCOC)NCC1(C2CC2)CC1.I. The minimum Gasteiger partial charge on any atom is -0.385 e. The van der Waals surface area contributed by atoms with Gasteiger partial charge in [0.2, 0.25) is 0 Å². The van der Waals surface area contributed by atoms with E-state index in [2.05, 4.69) is 15.6 Å². The van der Waals surface area contributed by atoms with Gasteiger partial charge in [0.25, 0.3) is 0 Å². The number of guanidine groups is 1. The van der Waals surface area contributed by atoms with Crippen LogP contribution in [0.5, 0.6) is 0 Å². The van der Waals surface area contributed by atoms with Crippen LogP contribution in [0.4, 0.5) is 0 Å². The van der Waals surface area contributed by atoms with Crippen molar-refractivity contribution in [2.75, 3.05) is 33.9 Å². The molecule has 0 atom stereocenters. The largest absolute Gasteiger partial charge is 0.385 e. The highest BCUT2D eigenvalue weighted by Gasteiger charge is 2.53. The van der Waals surface area contributed by atoms with E-state index in [4.69, 9.17) is 4.74 Å². The zero-order valence-electron chi connectivity index (χ0n) is 11.5. The molecule has 5 heteroatoms. The fourth-order valence-corrected chi connectivity index (χ4v) is 2.49. The number of nitrogens with zero attached hydrogens (tertiary/aromatic N) is 1. The fourth-order valence-electron chi connectivity index (χ4n) is 2.49. The Labute approximate surface area is 127 Å². The van der Waals surface area contributed by atoms with E-state index >= 15 is 0 Å². The van der Waals surface area contributed by atoms with Gasteiger partial charge in [-0.05, 0) is 43.4 Å². The lowest BCUT2D eigenvalue weighted by molar-refractivity contribution is 0.195. The number of nitrogens with one attached hydrogen (secondary N) is 2. The molecule has 18 heavy (non-hydrogen) atoms. The summed E-state index contributed by atoms with van der Waals surface area (Å²) in [6.07, 6.45) is 6.73. The van der Waals surface area contributed by atoms with Crippen molar-refractivity contribution < 1.29 is 4.74 Å². The van der Waals surface area contributed by atoms with Gasteiger partial charge in [0.1, 0.15) is 0 Å². The van der Waals surface area contributed by atoms with E-state index in [0.29, 0.717) is 5.41 Å². The van der Waals surface area contributed by atoms with Crippen LogP contribution >= 0.6 is 24.0 Å².